The maximum Gasteiger partial charge on any atom is 0.226 e. The summed E-state index contributed by atoms with van der Waals surface area (Å²) in [6.07, 6.45) is 6.64. The highest BCUT2D eigenvalue weighted by Crippen LogP contribution is 2.17. The zero-order valence-electron chi connectivity index (χ0n) is 14.4. The van der Waals surface area contributed by atoms with E-state index in [4.69, 9.17) is 4.42 Å². The highest BCUT2D eigenvalue weighted by molar-refractivity contribution is 14.0. The molecular formula is C18H27IN4O. The summed E-state index contributed by atoms with van der Waals surface area (Å²) in [5.74, 6) is 1.44. The van der Waals surface area contributed by atoms with Gasteiger partial charge in [0, 0.05) is 19.2 Å². The van der Waals surface area contributed by atoms with Crippen LogP contribution >= 0.6 is 24.0 Å². The molecule has 0 unspecified atom stereocenters. The summed E-state index contributed by atoms with van der Waals surface area (Å²) in [5, 5.41) is 6.58. The van der Waals surface area contributed by atoms with Crippen LogP contribution in [0, 0.1) is 0 Å². The molecule has 0 aliphatic carbocycles. The fourth-order valence-electron chi connectivity index (χ4n) is 2.25. The van der Waals surface area contributed by atoms with Crippen molar-refractivity contribution < 1.29 is 4.42 Å². The Morgan fingerprint density at radius 3 is 2.62 bits per heavy atom. The lowest BCUT2D eigenvalue weighted by atomic mass is 10.2. The van der Waals surface area contributed by atoms with Crippen molar-refractivity contribution in [3.8, 4) is 11.5 Å². The fourth-order valence-corrected chi connectivity index (χ4v) is 2.25. The van der Waals surface area contributed by atoms with E-state index in [0.29, 0.717) is 12.4 Å². The summed E-state index contributed by atoms with van der Waals surface area (Å²) < 4.78 is 5.53. The molecule has 0 spiro atoms. The highest BCUT2D eigenvalue weighted by atomic mass is 127. The summed E-state index contributed by atoms with van der Waals surface area (Å²) in [7, 11) is 1.78. The molecule has 0 radical (unpaired) electrons. The Morgan fingerprint density at radius 1 is 1.12 bits per heavy atom. The highest BCUT2D eigenvalue weighted by Gasteiger charge is 2.06. The SMILES string of the molecule is CCCCCCNC(=NC)NCc1coc(-c2ccccc2)n1.I. The number of aromatic nitrogens is 1. The van der Waals surface area contributed by atoms with Crippen LogP contribution < -0.4 is 10.6 Å². The summed E-state index contributed by atoms with van der Waals surface area (Å²) in [4.78, 5) is 8.72. The van der Waals surface area contributed by atoms with Crippen molar-refractivity contribution in [3.05, 3.63) is 42.3 Å². The number of oxazole rings is 1. The second-order valence-electron chi connectivity index (χ2n) is 5.42. The third kappa shape index (κ3) is 6.90. The van der Waals surface area contributed by atoms with Gasteiger partial charge in [0.2, 0.25) is 5.89 Å². The van der Waals surface area contributed by atoms with Crippen molar-refractivity contribution in [2.24, 2.45) is 4.99 Å². The Kier molecular flexibility index (Phi) is 10.1. The number of hydrogen-bond donors (Lipinski definition) is 2. The second-order valence-corrected chi connectivity index (χ2v) is 5.42. The monoisotopic (exact) mass is 442 g/mol. The molecule has 0 atom stereocenters. The molecule has 0 saturated heterocycles. The standard InChI is InChI=1S/C18H26N4O.HI/c1-3-4-5-9-12-20-18(19-2)21-13-16-14-23-17(22-16)15-10-7-6-8-11-15;/h6-8,10-11,14H,3-5,9,12-13H2,1-2H3,(H2,19,20,21);1H. The number of rotatable bonds is 8. The number of aliphatic imine (C=N–C) groups is 1. The van der Waals surface area contributed by atoms with E-state index in [1.807, 2.05) is 30.3 Å². The molecule has 0 bridgehead atoms. The third-order valence-corrected chi connectivity index (χ3v) is 3.56. The molecule has 24 heavy (non-hydrogen) atoms. The first-order valence-electron chi connectivity index (χ1n) is 8.27. The van der Waals surface area contributed by atoms with Gasteiger partial charge >= 0.3 is 0 Å². The minimum Gasteiger partial charge on any atom is -0.444 e. The van der Waals surface area contributed by atoms with Gasteiger partial charge in [0.05, 0.1) is 12.2 Å². The molecular weight excluding hydrogens is 415 g/mol. The van der Waals surface area contributed by atoms with Gasteiger partial charge in [-0.2, -0.15) is 0 Å². The van der Waals surface area contributed by atoms with Crippen molar-refractivity contribution in [1.82, 2.24) is 15.6 Å². The minimum atomic E-state index is 0. The van der Waals surface area contributed by atoms with Crippen LogP contribution in [0.2, 0.25) is 0 Å². The number of hydrogen-bond acceptors (Lipinski definition) is 3. The Labute approximate surface area is 161 Å². The Morgan fingerprint density at radius 2 is 1.92 bits per heavy atom. The Bertz CT molecular complexity index is 598. The molecule has 5 nitrogen and oxygen atoms in total. The molecule has 6 heteroatoms. The van der Waals surface area contributed by atoms with Gasteiger partial charge in [0.1, 0.15) is 6.26 Å². The first-order chi connectivity index (χ1) is 11.3. The van der Waals surface area contributed by atoms with Gasteiger partial charge in [0.15, 0.2) is 5.96 Å². The molecule has 0 aliphatic heterocycles. The first kappa shape index (κ1) is 20.5. The van der Waals surface area contributed by atoms with Gasteiger partial charge < -0.3 is 15.1 Å². The molecule has 1 aromatic carbocycles. The number of guanidine groups is 1. The van der Waals surface area contributed by atoms with E-state index in [1.165, 1.54) is 19.3 Å². The van der Waals surface area contributed by atoms with Crippen molar-refractivity contribution in [2.45, 2.75) is 39.2 Å². The zero-order valence-corrected chi connectivity index (χ0v) is 16.7. The van der Waals surface area contributed by atoms with Crippen LogP contribution in [-0.4, -0.2) is 24.5 Å². The van der Waals surface area contributed by atoms with E-state index in [1.54, 1.807) is 13.3 Å². The Hall–Kier alpha value is -1.57. The van der Waals surface area contributed by atoms with Crippen LogP contribution in [-0.2, 0) is 6.54 Å². The number of nitrogens with zero attached hydrogens (tertiary/aromatic N) is 2. The van der Waals surface area contributed by atoms with Gasteiger partial charge in [-0.05, 0) is 18.6 Å². The average Bonchev–Trinajstić information content (AvgIpc) is 3.07. The summed E-state index contributed by atoms with van der Waals surface area (Å²) >= 11 is 0. The number of benzene rings is 1. The van der Waals surface area contributed by atoms with Crippen LogP contribution in [0.25, 0.3) is 11.5 Å². The summed E-state index contributed by atoms with van der Waals surface area (Å²) in [6.45, 7) is 3.74. The third-order valence-electron chi connectivity index (χ3n) is 3.56. The van der Waals surface area contributed by atoms with Gasteiger partial charge in [-0.1, -0.05) is 44.4 Å². The zero-order chi connectivity index (χ0) is 16.3. The molecule has 132 valence electrons. The van der Waals surface area contributed by atoms with Crippen LogP contribution in [0.5, 0.6) is 0 Å². The predicted molar refractivity (Wildman–Crippen MR) is 110 cm³/mol. The fraction of sp³-hybridized carbons (Fsp3) is 0.444. The summed E-state index contributed by atoms with van der Waals surface area (Å²) in [5.41, 5.74) is 1.84. The lowest BCUT2D eigenvalue weighted by Gasteiger charge is -2.10. The van der Waals surface area contributed by atoms with Gasteiger partial charge in [-0.3, -0.25) is 4.99 Å². The van der Waals surface area contributed by atoms with E-state index >= 15 is 0 Å². The number of halogens is 1. The van der Waals surface area contributed by atoms with Crippen molar-refractivity contribution in [2.75, 3.05) is 13.6 Å². The molecule has 0 aliphatic rings. The van der Waals surface area contributed by atoms with Gasteiger partial charge in [0.25, 0.3) is 0 Å². The molecule has 0 fully saturated rings. The van der Waals surface area contributed by atoms with Crippen LogP contribution in [0.15, 0.2) is 46.0 Å². The lowest BCUT2D eigenvalue weighted by molar-refractivity contribution is 0.572. The normalized spacial score (nSPS) is 11.0. The molecule has 1 aromatic heterocycles. The Balaban J connectivity index is 0.00000288. The smallest absolute Gasteiger partial charge is 0.226 e. The average molecular weight is 442 g/mol. The molecule has 1 heterocycles. The summed E-state index contributed by atoms with van der Waals surface area (Å²) in [6, 6.07) is 9.90. The van der Waals surface area contributed by atoms with E-state index < -0.39 is 0 Å². The van der Waals surface area contributed by atoms with Crippen molar-refractivity contribution >= 4 is 29.9 Å². The molecule has 2 rings (SSSR count). The molecule has 0 saturated carbocycles. The lowest BCUT2D eigenvalue weighted by Crippen LogP contribution is -2.37. The number of unbranched alkanes of at least 4 members (excludes halogenated alkanes) is 3. The van der Waals surface area contributed by atoms with Crippen LogP contribution in [0.4, 0.5) is 0 Å². The molecule has 0 amide bonds. The maximum absolute atomic E-state index is 5.53. The van der Waals surface area contributed by atoms with Gasteiger partial charge in [-0.25, -0.2) is 4.98 Å². The largest absolute Gasteiger partial charge is 0.444 e. The quantitative estimate of drug-likeness (QED) is 0.278. The van der Waals surface area contributed by atoms with Crippen LogP contribution in [0.3, 0.4) is 0 Å². The first-order valence-corrected chi connectivity index (χ1v) is 8.27. The van der Waals surface area contributed by atoms with E-state index in [2.05, 4.69) is 27.5 Å². The predicted octanol–water partition coefficient (Wildman–Crippen LogP) is 4.20. The molecule has 2 N–H and O–H groups in total. The van der Waals surface area contributed by atoms with Gasteiger partial charge in [-0.15, -0.1) is 24.0 Å². The van der Waals surface area contributed by atoms with E-state index in [0.717, 1.165) is 30.2 Å². The molecule has 2 aromatic rings. The van der Waals surface area contributed by atoms with Crippen LogP contribution in [0.1, 0.15) is 38.3 Å². The number of nitrogens with one attached hydrogen (secondary N) is 2. The topological polar surface area (TPSA) is 62.5 Å². The van der Waals surface area contributed by atoms with E-state index in [9.17, 15) is 0 Å². The second kappa shape index (κ2) is 11.9. The van der Waals surface area contributed by atoms with Crippen molar-refractivity contribution in [1.29, 1.82) is 0 Å². The van der Waals surface area contributed by atoms with Crippen molar-refractivity contribution in [3.63, 3.8) is 0 Å². The van der Waals surface area contributed by atoms with E-state index in [-0.39, 0.29) is 24.0 Å². The minimum absolute atomic E-state index is 0. The maximum atomic E-state index is 5.53.